The lowest BCUT2D eigenvalue weighted by Crippen LogP contribution is -2.37. The number of rotatable bonds is 9. The van der Waals surface area contributed by atoms with E-state index in [9.17, 15) is 0 Å². The van der Waals surface area contributed by atoms with Gasteiger partial charge in [0.2, 0.25) is 0 Å². The standard InChI is InChI=1S/C17H26N4/c1-2-12-21-13-11-19-17(21)14-16(20-18)10-6-9-15-7-4-3-5-8-15/h3-5,7-8,11,13,16,20H,2,6,9-10,12,14,18H2,1H3. The number of nitrogens with zero attached hydrogens (tertiary/aromatic N) is 2. The Morgan fingerprint density at radius 1 is 1.29 bits per heavy atom. The minimum atomic E-state index is 0.284. The van der Waals surface area contributed by atoms with E-state index >= 15 is 0 Å². The van der Waals surface area contributed by atoms with Crippen molar-refractivity contribution in [2.75, 3.05) is 0 Å². The van der Waals surface area contributed by atoms with Gasteiger partial charge >= 0.3 is 0 Å². The van der Waals surface area contributed by atoms with Crippen molar-refractivity contribution < 1.29 is 0 Å². The smallest absolute Gasteiger partial charge is 0.110 e. The molecule has 1 heterocycles. The molecular formula is C17H26N4. The Balaban J connectivity index is 1.81. The molecule has 0 aliphatic heterocycles. The third-order valence-corrected chi connectivity index (χ3v) is 3.79. The fraction of sp³-hybridized carbons (Fsp3) is 0.471. The first kappa shape index (κ1) is 15.7. The van der Waals surface area contributed by atoms with Crippen molar-refractivity contribution >= 4 is 0 Å². The second kappa shape index (κ2) is 8.60. The molecule has 3 N–H and O–H groups in total. The zero-order valence-electron chi connectivity index (χ0n) is 12.8. The molecule has 0 aliphatic carbocycles. The highest BCUT2D eigenvalue weighted by molar-refractivity contribution is 5.14. The second-order valence-corrected chi connectivity index (χ2v) is 5.48. The molecule has 0 bridgehead atoms. The molecular weight excluding hydrogens is 260 g/mol. The molecule has 4 nitrogen and oxygen atoms in total. The summed E-state index contributed by atoms with van der Waals surface area (Å²) in [6, 6.07) is 10.9. The predicted octanol–water partition coefficient (Wildman–Crippen LogP) is 2.69. The van der Waals surface area contributed by atoms with Crippen LogP contribution >= 0.6 is 0 Å². The first-order valence-electron chi connectivity index (χ1n) is 7.83. The number of hydrogen-bond donors (Lipinski definition) is 2. The van der Waals surface area contributed by atoms with Crippen molar-refractivity contribution in [1.82, 2.24) is 15.0 Å². The van der Waals surface area contributed by atoms with Gasteiger partial charge in [-0.3, -0.25) is 11.3 Å². The van der Waals surface area contributed by atoms with Gasteiger partial charge in [0, 0.05) is 31.4 Å². The van der Waals surface area contributed by atoms with Crippen LogP contribution in [0.2, 0.25) is 0 Å². The van der Waals surface area contributed by atoms with E-state index in [4.69, 9.17) is 5.84 Å². The minimum absolute atomic E-state index is 0.284. The number of aryl methyl sites for hydroxylation is 2. The maximum atomic E-state index is 5.71. The van der Waals surface area contributed by atoms with Gasteiger partial charge in [-0.25, -0.2) is 4.98 Å². The van der Waals surface area contributed by atoms with E-state index < -0.39 is 0 Å². The number of imidazole rings is 1. The minimum Gasteiger partial charge on any atom is -0.335 e. The summed E-state index contributed by atoms with van der Waals surface area (Å²) < 4.78 is 2.22. The van der Waals surface area contributed by atoms with Crippen LogP contribution in [0, 0.1) is 0 Å². The number of hydrazine groups is 1. The molecule has 0 radical (unpaired) electrons. The Bertz CT molecular complexity index is 507. The molecule has 4 heteroatoms. The van der Waals surface area contributed by atoms with Gasteiger partial charge in [-0.05, 0) is 31.2 Å². The molecule has 114 valence electrons. The van der Waals surface area contributed by atoms with Gasteiger partial charge in [-0.2, -0.15) is 0 Å². The van der Waals surface area contributed by atoms with Crippen molar-refractivity contribution in [2.24, 2.45) is 5.84 Å². The van der Waals surface area contributed by atoms with Crippen LogP contribution in [0.5, 0.6) is 0 Å². The van der Waals surface area contributed by atoms with E-state index in [2.05, 4.69) is 58.4 Å². The van der Waals surface area contributed by atoms with Gasteiger partial charge in [0.25, 0.3) is 0 Å². The fourth-order valence-corrected chi connectivity index (χ4v) is 2.64. The van der Waals surface area contributed by atoms with E-state index in [1.54, 1.807) is 0 Å². The average molecular weight is 286 g/mol. The third kappa shape index (κ3) is 4.99. The van der Waals surface area contributed by atoms with Crippen LogP contribution in [-0.2, 0) is 19.4 Å². The summed E-state index contributed by atoms with van der Waals surface area (Å²) in [7, 11) is 0. The van der Waals surface area contributed by atoms with Crippen molar-refractivity contribution in [3.8, 4) is 0 Å². The molecule has 2 rings (SSSR count). The van der Waals surface area contributed by atoms with E-state index in [1.165, 1.54) is 5.56 Å². The van der Waals surface area contributed by atoms with Gasteiger partial charge < -0.3 is 4.57 Å². The zero-order valence-corrected chi connectivity index (χ0v) is 12.8. The van der Waals surface area contributed by atoms with Gasteiger partial charge in [0.1, 0.15) is 5.82 Å². The average Bonchev–Trinajstić information content (AvgIpc) is 2.95. The molecule has 0 saturated carbocycles. The van der Waals surface area contributed by atoms with E-state index in [0.29, 0.717) is 0 Å². The van der Waals surface area contributed by atoms with Crippen molar-refractivity contribution in [1.29, 1.82) is 0 Å². The Kier molecular flexibility index (Phi) is 6.44. The van der Waals surface area contributed by atoms with Gasteiger partial charge in [0.15, 0.2) is 0 Å². The Morgan fingerprint density at radius 3 is 2.81 bits per heavy atom. The SMILES string of the molecule is CCCn1ccnc1CC(CCCc1ccccc1)NN. The van der Waals surface area contributed by atoms with Gasteiger partial charge in [0.05, 0.1) is 0 Å². The maximum absolute atomic E-state index is 5.71. The monoisotopic (exact) mass is 286 g/mol. The summed E-state index contributed by atoms with van der Waals surface area (Å²) in [4.78, 5) is 4.46. The first-order valence-corrected chi connectivity index (χ1v) is 7.83. The molecule has 1 aromatic carbocycles. The fourth-order valence-electron chi connectivity index (χ4n) is 2.64. The van der Waals surface area contributed by atoms with Crippen LogP contribution in [0.4, 0.5) is 0 Å². The van der Waals surface area contributed by atoms with Crippen LogP contribution in [0.15, 0.2) is 42.7 Å². The van der Waals surface area contributed by atoms with Crippen LogP contribution in [0.1, 0.15) is 37.6 Å². The number of benzene rings is 1. The molecule has 1 aromatic heterocycles. The Hall–Kier alpha value is -1.65. The highest BCUT2D eigenvalue weighted by atomic mass is 15.2. The summed E-state index contributed by atoms with van der Waals surface area (Å²) in [5.74, 6) is 6.83. The van der Waals surface area contributed by atoms with E-state index in [1.807, 2.05) is 6.20 Å². The summed E-state index contributed by atoms with van der Waals surface area (Å²) in [5.41, 5.74) is 4.33. The van der Waals surface area contributed by atoms with E-state index in [0.717, 1.165) is 44.5 Å². The summed E-state index contributed by atoms with van der Waals surface area (Å²) in [6.45, 7) is 3.21. The molecule has 0 saturated heterocycles. The van der Waals surface area contributed by atoms with E-state index in [-0.39, 0.29) is 6.04 Å². The lowest BCUT2D eigenvalue weighted by molar-refractivity contribution is 0.457. The Morgan fingerprint density at radius 2 is 2.10 bits per heavy atom. The number of nitrogens with two attached hydrogens (primary N) is 1. The second-order valence-electron chi connectivity index (χ2n) is 5.48. The topological polar surface area (TPSA) is 55.9 Å². The lowest BCUT2D eigenvalue weighted by Gasteiger charge is -2.16. The van der Waals surface area contributed by atoms with Crippen LogP contribution < -0.4 is 11.3 Å². The molecule has 0 amide bonds. The molecule has 1 atom stereocenters. The largest absolute Gasteiger partial charge is 0.335 e. The van der Waals surface area contributed by atoms with Gasteiger partial charge in [-0.15, -0.1) is 0 Å². The first-order chi connectivity index (χ1) is 10.3. The number of nitrogens with one attached hydrogen (secondary N) is 1. The number of hydrogen-bond acceptors (Lipinski definition) is 3. The van der Waals surface area contributed by atoms with Crippen LogP contribution in [0.3, 0.4) is 0 Å². The molecule has 2 aromatic rings. The normalized spacial score (nSPS) is 12.5. The maximum Gasteiger partial charge on any atom is 0.110 e. The van der Waals surface area contributed by atoms with Crippen molar-refractivity contribution in [2.45, 2.75) is 51.6 Å². The quantitative estimate of drug-likeness (QED) is 0.550. The molecule has 0 fully saturated rings. The summed E-state index contributed by atoms with van der Waals surface area (Å²) in [6.07, 6.45) is 9.23. The Labute approximate surface area is 127 Å². The van der Waals surface area contributed by atoms with Crippen LogP contribution in [-0.4, -0.2) is 15.6 Å². The van der Waals surface area contributed by atoms with Crippen molar-refractivity contribution in [3.05, 3.63) is 54.1 Å². The van der Waals surface area contributed by atoms with Gasteiger partial charge in [-0.1, -0.05) is 37.3 Å². The van der Waals surface area contributed by atoms with Crippen molar-refractivity contribution in [3.63, 3.8) is 0 Å². The van der Waals surface area contributed by atoms with Crippen LogP contribution in [0.25, 0.3) is 0 Å². The summed E-state index contributed by atoms with van der Waals surface area (Å²) >= 11 is 0. The lowest BCUT2D eigenvalue weighted by atomic mass is 10.0. The zero-order chi connectivity index (χ0) is 14.9. The number of aromatic nitrogens is 2. The molecule has 1 unspecified atom stereocenters. The highest BCUT2D eigenvalue weighted by Crippen LogP contribution is 2.10. The molecule has 21 heavy (non-hydrogen) atoms. The highest BCUT2D eigenvalue weighted by Gasteiger charge is 2.11. The third-order valence-electron chi connectivity index (χ3n) is 3.79. The summed E-state index contributed by atoms with van der Waals surface area (Å²) in [5, 5.41) is 0. The predicted molar refractivity (Wildman–Crippen MR) is 86.7 cm³/mol. The molecule has 0 spiro atoms. The molecule has 0 aliphatic rings.